The lowest BCUT2D eigenvalue weighted by molar-refractivity contribution is 0.220. The predicted octanol–water partition coefficient (Wildman–Crippen LogP) is 3.27. The highest BCUT2D eigenvalue weighted by Crippen LogP contribution is 2.56. The van der Waals surface area contributed by atoms with Crippen LogP contribution in [0.4, 0.5) is 0 Å². The van der Waals surface area contributed by atoms with Crippen LogP contribution in [0.3, 0.4) is 0 Å². The number of phenolic OH excluding ortho intramolecular Hbond substituents is 2. The van der Waals surface area contributed by atoms with E-state index in [2.05, 4.69) is 11.9 Å². The molecule has 0 bridgehead atoms. The van der Waals surface area contributed by atoms with Gasteiger partial charge >= 0.3 is 0 Å². The first kappa shape index (κ1) is 17.8. The number of fused-ring (bicyclic) bond motifs is 2. The van der Waals surface area contributed by atoms with Gasteiger partial charge in [0.25, 0.3) is 0 Å². The van der Waals surface area contributed by atoms with Crippen molar-refractivity contribution in [1.82, 2.24) is 4.90 Å². The molecule has 0 fully saturated rings. The first-order chi connectivity index (χ1) is 13.0. The van der Waals surface area contributed by atoms with Crippen molar-refractivity contribution < 1.29 is 24.4 Å². The van der Waals surface area contributed by atoms with Crippen molar-refractivity contribution in [2.75, 3.05) is 34.9 Å². The van der Waals surface area contributed by atoms with Gasteiger partial charge in [0.1, 0.15) is 0 Å². The Hall–Kier alpha value is -2.60. The Morgan fingerprint density at radius 1 is 0.926 bits per heavy atom. The molecule has 1 aliphatic heterocycles. The molecular weight excluding hydrogens is 346 g/mol. The van der Waals surface area contributed by atoms with Gasteiger partial charge in [-0.15, -0.1) is 0 Å². The molecule has 0 unspecified atom stereocenters. The minimum absolute atomic E-state index is 0.0407. The maximum Gasteiger partial charge on any atom is 0.203 e. The lowest BCUT2D eigenvalue weighted by atomic mass is 9.85. The highest BCUT2D eigenvalue weighted by atomic mass is 16.5. The second-order valence-electron chi connectivity index (χ2n) is 7.16. The highest BCUT2D eigenvalue weighted by Gasteiger charge is 2.36. The van der Waals surface area contributed by atoms with Crippen LogP contribution in [0.1, 0.15) is 29.2 Å². The number of rotatable bonds is 3. The van der Waals surface area contributed by atoms with E-state index in [1.54, 1.807) is 20.3 Å². The molecule has 6 nitrogen and oxygen atoms in total. The molecule has 144 valence electrons. The normalized spacial score (nSPS) is 18.3. The predicted molar refractivity (Wildman–Crippen MR) is 102 cm³/mol. The number of ether oxygens (including phenoxy) is 3. The van der Waals surface area contributed by atoms with E-state index in [0.29, 0.717) is 11.5 Å². The molecule has 6 heteroatoms. The number of hydrogen-bond acceptors (Lipinski definition) is 6. The zero-order valence-corrected chi connectivity index (χ0v) is 16.1. The SMILES string of the molecule is COc1cc2c3c(c1O)-c1c(cc(O)c(OC)c1OC)CC[C@@H]3N(C)CC2. The molecule has 2 aliphatic rings. The Morgan fingerprint density at radius 2 is 1.67 bits per heavy atom. The maximum absolute atomic E-state index is 11.1. The summed E-state index contributed by atoms with van der Waals surface area (Å²) in [7, 11) is 6.73. The minimum atomic E-state index is 0.0407. The van der Waals surface area contributed by atoms with Crippen molar-refractivity contribution in [3.8, 4) is 39.9 Å². The van der Waals surface area contributed by atoms with Gasteiger partial charge in [0.05, 0.1) is 21.3 Å². The lowest BCUT2D eigenvalue weighted by Gasteiger charge is -2.35. The summed E-state index contributed by atoms with van der Waals surface area (Å²) in [4.78, 5) is 2.33. The molecule has 0 saturated carbocycles. The van der Waals surface area contributed by atoms with Crippen LogP contribution in [0.25, 0.3) is 11.1 Å². The average molecular weight is 371 g/mol. The van der Waals surface area contributed by atoms with Crippen LogP contribution < -0.4 is 14.2 Å². The Bertz CT molecular complexity index is 908. The van der Waals surface area contributed by atoms with Gasteiger partial charge in [0, 0.05) is 23.7 Å². The molecule has 0 aromatic heterocycles. The molecule has 0 radical (unpaired) electrons. The number of aryl methyl sites for hydroxylation is 1. The van der Waals surface area contributed by atoms with Crippen LogP contribution in [-0.4, -0.2) is 50.0 Å². The number of methoxy groups -OCH3 is 3. The number of benzene rings is 2. The summed E-state index contributed by atoms with van der Waals surface area (Å²) in [6.45, 7) is 0.951. The number of likely N-dealkylation sites (N-methyl/N-ethyl adjacent to an activating group) is 1. The van der Waals surface area contributed by atoms with Gasteiger partial charge in [-0.25, -0.2) is 0 Å². The fraction of sp³-hybridized carbons (Fsp3) is 0.429. The van der Waals surface area contributed by atoms with Gasteiger partial charge in [0.15, 0.2) is 23.0 Å². The average Bonchev–Trinajstić information content (AvgIpc) is 2.83. The second kappa shape index (κ2) is 6.53. The standard InChI is InChI=1S/C21H25NO5/c1-22-8-7-12-10-15(25-2)19(24)18-16(12)13(22)6-5-11-9-14(23)20(26-3)21(27-4)17(11)18/h9-10,13,23-24H,5-8H2,1-4H3/t13-/m0/s1. The van der Waals surface area contributed by atoms with Crippen LogP contribution in [-0.2, 0) is 12.8 Å². The molecule has 2 aromatic rings. The van der Waals surface area contributed by atoms with E-state index < -0.39 is 0 Å². The van der Waals surface area contributed by atoms with Crippen molar-refractivity contribution in [2.24, 2.45) is 0 Å². The van der Waals surface area contributed by atoms with E-state index in [-0.39, 0.29) is 23.3 Å². The number of aromatic hydroxyl groups is 2. The molecular formula is C21H25NO5. The Balaban J connectivity index is 2.14. The second-order valence-corrected chi connectivity index (χ2v) is 7.16. The van der Waals surface area contributed by atoms with Crippen molar-refractivity contribution in [3.63, 3.8) is 0 Å². The largest absolute Gasteiger partial charge is 0.504 e. The lowest BCUT2D eigenvalue weighted by Crippen LogP contribution is -2.32. The topological polar surface area (TPSA) is 71.4 Å². The zero-order valence-electron chi connectivity index (χ0n) is 16.1. The van der Waals surface area contributed by atoms with E-state index in [1.807, 2.05) is 6.07 Å². The van der Waals surface area contributed by atoms with Crippen molar-refractivity contribution in [2.45, 2.75) is 25.3 Å². The van der Waals surface area contributed by atoms with Gasteiger partial charge in [-0.2, -0.15) is 0 Å². The van der Waals surface area contributed by atoms with Crippen molar-refractivity contribution in [3.05, 3.63) is 28.8 Å². The van der Waals surface area contributed by atoms with E-state index in [1.165, 1.54) is 12.7 Å². The van der Waals surface area contributed by atoms with Gasteiger partial charge in [-0.05, 0) is 55.1 Å². The fourth-order valence-corrected chi connectivity index (χ4v) is 4.58. The van der Waals surface area contributed by atoms with Gasteiger partial charge in [-0.3, -0.25) is 4.90 Å². The van der Waals surface area contributed by atoms with Gasteiger partial charge in [0.2, 0.25) is 5.75 Å². The first-order valence-electron chi connectivity index (χ1n) is 9.11. The van der Waals surface area contributed by atoms with Crippen LogP contribution in [0.15, 0.2) is 12.1 Å². The van der Waals surface area contributed by atoms with Gasteiger partial charge < -0.3 is 24.4 Å². The van der Waals surface area contributed by atoms with Crippen LogP contribution >= 0.6 is 0 Å². The Morgan fingerprint density at radius 3 is 2.33 bits per heavy atom. The monoisotopic (exact) mass is 371 g/mol. The molecule has 1 atom stereocenters. The summed E-state index contributed by atoms with van der Waals surface area (Å²) < 4.78 is 16.5. The molecule has 4 rings (SSSR count). The fourth-order valence-electron chi connectivity index (χ4n) is 4.58. The molecule has 1 heterocycles. The maximum atomic E-state index is 11.1. The molecule has 0 amide bonds. The number of nitrogens with zero attached hydrogens (tertiary/aromatic N) is 1. The van der Waals surface area contributed by atoms with E-state index >= 15 is 0 Å². The first-order valence-corrected chi connectivity index (χ1v) is 9.11. The van der Waals surface area contributed by atoms with Crippen LogP contribution in [0.2, 0.25) is 0 Å². The Labute approximate surface area is 158 Å². The van der Waals surface area contributed by atoms with E-state index in [9.17, 15) is 10.2 Å². The van der Waals surface area contributed by atoms with Crippen molar-refractivity contribution >= 4 is 0 Å². The summed E-state index contributed by atoms with van der Waals surface area (Å²) in [6, 6.07) is 3.86. The molecule has 2 N–H and O–H groups in total. The van der Waals surface area contributed by atoms with Crippen LogP contribution in [0.5, 0.6) is 28.7 Å². The summed E-state index contributed by atoms with van der Waals surface area (Å²) >= 11 is 0. The number of hydrogen-bond donors (Lipinski definition) is 2. The molecule has 0 saturated heterocycles. The summed E-state index contributed by atoms with van der Waals surface area (Å²) in [6.07, 6.45) is 2.54. The molecule has 0 spiro atoms. The minimum Gasteiger partial charge on any atom is -0.504 e. The van der Waals surface area contributed by atoms with Crippen LogP contribution in [0, 0.1) is 0 Å². The summed E-state index contributed by atoms with van der Waals surface area (Å²) in [5.74, 6) is 1.31. The molecule has 1 aliphatic carbocycles. The smallest absolute Gasteiger partial charge is 0.203 e. The van der Waals surface area contributed by atoms with Crippen molar-refractivity contribution in [1.29, 1.82) is 0 Å². The summed E-state index contributed by atoms with van der Waals surface area (Å²) in [5, 5.41) is 21.5. The molecule has 27 heavy (non-hydrogen) atoms. The summed E-state index contributed by atoms with van der Waals surface area (Å²) in [5.41, 5.74) is 4.73. The highest BCUT2D eigenvalue weighted by molar-refractivity contribution is 5.88. The third-order valence-corrected chi connectivity index (χ3v) is 5.85. The molecule has 2 aromatic carbocycles. The third-order valence-electron chi connectivity index (χ3n) is 5.85. The van der Waals surface area contributed by atoms with E-state index in [0.717, 1.165) is 48.1 Å². The third kappa shape index (κ3) is 2.51. The van der Waals surface area contributed by atoms with Gasteiger partial charge in [-0.1, -0.05) is 0 Å². The Kier molecular flexibility index (Phi) is 4.30. The zero-order chi connectivity index (χ0) is 19.3. The van der Waals surface area contributed by atoms with E-state index in [4.69, 9.17) is 14.2 Å². The number of phenols is 2. The quantitative estimate of drug-likeness (QED) is 0.863.